The molecular weight excluding hydrogens is 298 g/mol. The van der Waals surface area contributed by atoms with E-state index in [4.69, 9.17) is 14.7 Å². The third kappa shape index (κ3) is 5.39. The number of ether oxygens (including phenoxy) is 2. The first kappa shape index (κ1) is 17.5. The predicted molar refractivity (Wildman–Crippen MR) is 82.4 cm³/mol. The maximum atomic E-state index is 12.3. The predicted octanol–water partition coefficient (Wildman–Crippen LogP) is 1.29. The lowest BCUT2D eigenvalue weighted by Crippen LogP contribution is -2.43. The fourth-order valence-electron chi connectivity index (χ4n) is 3.22. The number of hydrogen-bond donors (Lipinski definition) is 1. The van der Waals surface area contributed by atoms with Crippen LogP contribution in [0.2, 0.25) is 0 Å². The van der Waals surface area contributed by atoms with Crippen molar-refractivity contribution in [1.82, 2.24) is 10.2 Å². The third-order valence-electron chi connectivity index (χ3n) is 4.55. The van der Waals surface area contributed by atoms with Crippen molar-refractivity contribution in [2.24, 2.45) is 11.8 Å². The molecule has 1 aliphatic heterocycles. The van der Waals surface area contributed by atoms with Crippen LogP contribution < -0.4 is 5.32 Å². The molecule has 2 rings (SSSR count). The summed E-state index contributed by atoms with van der Waals surface area (Å²) in [4.78, 5) is 26.0. The van der Waals surface area contributed by atoms with Crippen molar-refractivity contribution in [2.75, 3.05) is 39.5 Å². The molecule has 1 N–H and O–H groups in total. The normalized spacial score (nSPS) is 20.4. The molecule has 1 aliphatic carbocycles. The Morgan fingerprint density at radius 3 is 2.61 bits per heavy atom. The summed E-state index contributed by atoms with van der Waals surface area (Å²) in [7, 11) is 0. The van der Waals surface area contributed by atoms with Gasteiger partial charge in [0.2, 0.25) is 5.91 Å². The molecule has 2 amide bonds. The Hall–Kier alpha value is -1.81. The molecule has 1 saturated carbocycles. The number of carbonyl (C=O) groups excluding carboxylic acids is 2. The van der Waals surface area contributed by atoms with Crippen LogP contribution in [0.3, 0.4) is 0 Å². The van der Waals surface area contributed by atoms with Crippen LogP contribution in [0.15, 0.2) is 0 Å². The van der Waals surface area contributed by atoms with Crippen LogP contribution in [-0.2, 0) is 14.3 Å². The van der Waals surface area contributed by atoms with E-state index in [1.165, 1.54) is 6.42 Å². The Morgan fingerprint density at radius 2 is 1.96 bits per heavy atom. The van der Waals surface area contributed by atoms with E-state index in [2.05, 4.69) is 5.32 Å². The quantitative estimate of drug-likeness (QED) is 0.770. The molecule has 0 aromatic carbocycles. The van der Waals surface area contributed by atoms with Crippen molar-refractivity contribution in [3.05, 3.63) is 0 Å². The van der Waals surface area contributed by atoms with E-state index in [0.717, 1.165) is 25.7 Å². The number of amides is 2. The second-order valence-corrected chi connectivity index (χ2v) is 6.06. The Labute approximate surface area is 136 Å². The first-order valence-electron chi connectivity index (χ1n) is 8.36. The summed E-state index contributed by atoms with van der Waals surface area (Å²) in [5.41, 5.74) is 0. The van der Waals surface area contributed by atoms with Crippen molar-refractivity contribution in [1.29, 1.82) is 5.26 Å². The number of nitriles is 1. The van der Waals surface area contributed by atoms with E-state index >= 15 is 0 Å². The molecule has 1 atom stereocenters. The Bertz CT molecular complexity index is 437. The molecule has 1 heterocycles. The Kier molecular flexibility index (Phi) is 7.14. The molecule has 0 aromatic heterocycles. The number of rotatable bonds is 5. The van der Waals surface area contributed by atoms with Crippen LogP contribution in [0, 0.1) is 23.2 Å². The minimum absolute atomic E-state index is 0.0144. The number of carbonyl (C=O) groups is 2. The SMILES string of the molecule is N#CCNC(=O)C(COC(=O)N1CCOCC1)C1CCCCC1. The topological polar surface area (TPSA) is 91.7 Å². The van der Waals surface area contributed by atoms with E-state index in [9.17, 15) is 9.59 Å². The fourth-order valence-corrected chi connectivity index (χ4v) is 3.22. The first-order valence-corrected chi connectivity index (χ1v) is 8.36. The molecule has 128 valence electrons. The van der Waals surface area contributed by atoms with E-state index in [1.807, 2.05) is 6.07 Å². The molecule has 0 spiro atoms. The van der Waals surface area contributed by atoms with Crippen LogP contribution >= 0.6 is 0 Å². The molecule has 1 unspecified atom stereocenters. The molecule has 1 saturated heterocycles. The summed E-state index contributed by atoms with van der Waals surface area (Å²) in [6.45, 7) is 2.15. The zero-order chi connectivity index (χ0) is 16.5. The monoisotopic (exact) mass is 323 g/mol. The van der Waals surface area contributed by atoms with Gasteiger partial charge in [0, 0.05) is 13.1 Å². The number of hydrogen-bond acceptors (Lipinski definition) is 5. The standard InChI is InChI=1S/C16H25N3O4/c17-6-7-18-15(20)14(13-4-2-1-3-5-13)12-23-16(21)19-8-10-22-11-9-19/h13-14H,1-5,7-12H2,(H,18,20). The highest BCUT2D eigenvalue weighted by Crippen LogP contribution is 2.30. The lowest BCUT2D eigenvalue weighted by molar-refractivity contribution is -0.128. The van der Waals surface area contributed by atoms with Crippen LogP contribution in [-0.4, -0.2) is 56.4 Å². The molecule has 7 heteroatoms. The Balaban J connectivity index is 1.89. The molecule has 23 heavy (non-hydrogen) atoms. The fraction of sp³-hybridized carbons (Fsp3) is 0.812. The Morgan fingerprint density at radius 1 is 1.26 bits per heavy atom. The van der Waals surface area contributed by atoms with Gasteiger partial charge in [0.25, 0.3) is 0 Å². The van der Waals surface area contributed by atoms with Gasteiger partial charge in [-0.2, -0.15) is 5.26 Å². The second kappa shape index (κ2) is 9.36. The summed E-state index contributed by atoms with van der Waals surface area (Å²) < 4.78 is 10.6. The summed E-state index contributed by atoms with van der Waals surface area (Å²) >= 11 is 0. The van der Waals surface area contributed by atoms with E-state index in [-0.39, 0.29) is 37.0 Å². The maximum Gasteiger partial charge on any atom is 0.409 e. The van der Waals surface area contributed by atoms with Crippen molar-refractivity contribution in [2.45, 2.75) is 32.1 Å². The summed E-state index contributed by atoms with van der Waals surface area (Å²) in [6, 6.07) is 1.91. The van der Waals surface area contributed by atoms with Crippen molar-refractivity contribution in [3.63, 3.8) is 0 Å². The minimum atomic E-state index is -0.387. The minimum Gasteiger partial charge on any atom is -0.449 e. The number of nitrogens with one attached hydrogen (secondary N) is 1. The van der Waals surface area contributed by atoms with E-state index in [1.54, 1.807) is 4.90 Å². The lowest BCUT2D eigenvalue weighted by atomic mass is 9.80. The highest BCUT2D eigenvalue weighted by atomic mass is 16.6. The van der Waals surface area contributed by atoms with Gasteiger partial charge < -0.3 is 19.7 Å². The van der Waals surface area contributed by atoms with Crippen molar-refractivity contribution >= 4 is 12.0 Å². The zero-order valence-electron chi connectivity index (χ0n) is 13.5. The average Bonchev–Trinajstić information content (AvgIpc) is 2.61. The van der Waals surface area contributed by atoms with Crippen LogP contribution in [0.5, 0.6) is 0 Å². The molecule has 2 fully saturated rings. The van der Waals surface area contributed by atoms with Gasteiger partial charge in [0.1, 0.15) is 13.2 Å². The van der Waals surface area contributed by atoms with Gasteiger partial charge in [0.15, 0.2) is 0 Å². The molecule has 7 nitrogen and oxygen atoms in total. The van der Waals surface area contributed by atoms with Crippen LogP contribution in [0.25, 0.3) is 0 Å². The molecule has 0 bridgehead atoms. The molecule has 2 aliphatic rings. The molecule has 0 aromatic rings. The third-order valence-corrected chi connectivity index (χ3v) is 4.55. The number of morpholine rings is 1. The van der Waals surface area contributed by atoms with Gasteiger partial charge in [-0.3, -0.25) is 4.79 Å². The summed E-state index contributed by atoms with van der Waals surface area (Å²) in [5.74, 6) is -0.332. The highest BCUT2D eigenvalue weighted by Gasteiger charge is 2.31. The van der Waals surface area contributed by atoms with E-state index in [0.29, 0.717) is 26.3 Å². The molecule has 0 radical (unpaired) electrons. The van der Waals surface area contributed by atoms with Crippen LogP contribution in [0.4, 0.5) is 4.79 Å². The van der Waals surface area contributed by atoms with Gasteiger partial charge in [-0.15, -0.1) is 0 Å². The largest absolute Gasteiger partial charge is 0.449 e. The smallest absolute Gasteiger partial charge is 0.409 e. The summed E-state index contributed by atoms with van der Waals surface area (Å²) in [5, 5.41) is 11.2. The zero-order valence-corrected chi connectivity index (χ0v) is 13.5. The van der Waals surface area contributed by atoms with Gasteiger partial charge in [0.05, 0.1) is 25.2 Å². The lowest BCUT2D eigenvalue weighted by Gasteiger charge is -2.30. The van der Waals surface area contributed by atoms with Crippen molar-refractivity contribution in [3.8, 4) is 6.07 Å². The van der Waals surface area contributed by atoms with Crippen molar-refractivity contribution < 1.29 is 19.1 Å². The first-order chi connectivity index (χ1) is 11.2. The van der Waals surface area contributed by atoms with Gasteiger partial charge in [-0.25, -0.2) is 4.79 Å². The second-order valence-electron chi connectivity index (χ2n) is 6.06. The van der Waals surface area contributed by atoms with E-state index < -0.39 is 0 Å². The summed E-state index contributed by atoms with van der Waals surface area (Å²) in [6.07, 6.45) is 4.95. The number of nitrogens with zero attached hydrogens (tertiary/aromatic N) is 2. The molecular formula is C16H25N3O4. The van der Waals surface area contributed by atoms with Gasteiger partial charge in [-0.05, 0) is 18.8 Å². The van der Waals surface area contributed by atoms with Gasteiger partial charge >= 0.3 is 6.09 Å². The van der Waals surface area contributed by atoms with Gasteiger partial charge in [-0.1, -0.05) is 19.3 Å². The highest BCUT2D eigenvalue weighted by molar-refractivity contribution is 5.79. The average molecular weight is 323 g/mol. The van der Waals surface area contributed by atoms with Crippen LogP contribution in [0.1, 0.15) is 32.1 Å². The maximum absolute atomic E-state index is 12.3.